The number of phenols is 1. The third kappa shape index (κ3) is 11.5. The van der Waals surface area contributed by atoms with Crippen molar-refractivity contribution in [2.24, 2.45) is 11.5 Å². The normalized spacial score (nSPS) is 14.2. The zero-order valence-electron chi connectivity index (χ0n) is 20.3. The maximum absolute atomic E-state index is 13.1. The van der Waals surface area contributed by atoms with E-state index in [1.54, 1.807) is 12.1 Å². The lowest BCUT2D eigenvalue weighted by atomic mass is 10.0. The first-order chi connectivity index (χ1) is 17.1. The molecule has 9 N–H and O–H groups in total. The molecule has 13 heteroatoms. The number of phenolic OH excluding ortho intramolecular Hbond substituents is 1. The summed E-state index contributed by atoms with van der Waals surface area (Å²) in [4.78, 5) is 50.2. The van der Waals surface area contributed by atoms with E-state index in [2.05, 4.69) is 28.6 Å². The number of benzene rings is 1. The highest BCUT2D eigenvalue weighted by Crippen LogP contribution is 2.12. The smallest absolute Gasteiger partial charge is 0.326 e. The Morgan fingerprint density at radius 3 is 2.03 bits per heavy atom. The van der Waals surface area contributed by atoms with Crippen molar-refractivity contribution in [3.05, 3.63) is 29.8 Å². The van der Waals surface area contributed by atoms with Crippen LogP contribution in [0.2, 0.25) is 0 Å². The number of amides is 3. The molecule has 0 radical (unpaired) electrons. The zero-order valence-corrected chi connectivity index (χ0v) is 22.0. The number of nitrogens with two attached hydrogens (primary N) is 2. The molecule has 0 saturated heterocycles. The van der Waals surface area contributed by atoms with E-state index in [-0.39, 0.29) is 24.3 Å². The number of carbonyl (C=O) groups excluding carboxylic acids is 3. The van der Waals surface area contributed by atoms with Gasteiger partial charge >= 0.3 is 5.97 Å². The molecule has 36 heavy (non-hydrogen) atoms. The fraction of sp³-hybridized carbons (Fsp3) is 0.565. The molecule has 1 aromatic carbocycles. The van der Waals surface area contributed by atoms with Crippen LogP contribution in [0.4, 0.5) is 0 Å². The second kappa shape index (κ2) is 17.1. The van der Waals surface area contributed by atoms with Gasteiger partial charge in [-0.2, -0.15) is 24.4 Å². The Kier molecular flexibility index (Phi) is 14.9. The van der Waals surface area contributed by atoms with Crippen LogP contribution in [0.25, 0.3) is 0 Å². The van der Waals surface area contributed by atoms with Crippen molar-refractivity contribution in [2.45, 2.75) is 56.3 Å². The van der Waals surface area contributed by atoms with E-state index in [0.717, 1.165) is 0 Å². The molecule has 0 heterocycles. The van der Waals surface area contributed by atoms with E-state index >= 15 is 0 Å². The number of carboxylic acid groups (broad SMARTS) is 1. The Balaban J connectivity index is 2.97. The number of rotatable bonds is 17. The molecular weight excluding hydrogens is 506 g/mol. The van der Waals surface area contributed by atoms with Crippen LogP contribution in [0.1, 0.15) is 31.2 Å². The molecule has 0 aromatic heterocycles. The summed E-state index contributed by atoms with van der Waals surface area (Å²) in [5.41, 5.74) is 11.9. The number of carboxylic acids is 1. The summed E-state index contributed by atoms with van der Waals surface area (Å²) < 4.78 is 0. The lowest BCUT2D eigenvalue weighted by Crippen LogP contribution is -2.57. The van der Waals surface area contributed by atoms with Crippen molar-refractivity contribution in [3.63, 3.8) is 0 Å². The predicted octanol–water partition coefficient (Wildman–Crippen LogP) is -0.387. The zero-order chi connectivity index (χ0) is 27.1. The number of aromatic hydroxyl groups is 1. The molecule has 0 aliphatic carbocycles. The molecule has 0 saturated carbocycles. The highest BCUT2D eigenvalue weighted by atomic mass is 32.2. The number of thiol groups is 1. The van der Waals surface area contributed by atoms with Crippen molar-refractivity contribution in [1.82, 2.24) is 16.0 Å². The molecule has 0 spiro atoms. The van der Waals surface area contributed by atoms with Gasteiger partial charge in [-0.1, -0.05) is 12.1 Å². The summed E-state index contributed by atoms with van der Waals surface area (Å²) in [6, 6.07) is 1.88. The van der Waals surface area contributed by atoms with E-state index in [9.17, 15) is 29.4 Å². The van der Waals surface area contributed by atoms with Gasteiger partial charge in [-0.05, 0) is 61.9 Å². The highest BCUT2D eigenvalue weighted by Gasteiger charge is 2.30. The van der Waals surface area contributed by atoms with Crippen LogP contribution >= 0.6 is 24.4 Å². The first kappa shape index (κ1) is 31.5. The topological polar surface area (TPSA) is 197 Å². The molecule has 1 aromatic rings. The Hall–Kier alpha value is -2.48. The van der Waals surface area contributed by atoms with Crippen LogP contribution in [0.15, 0.2) is 24.3 Å². The van der Waals surface area contributed by atoms with Gasteiger partial charge in [0.15, 0.2) is 0 Å². The van der Waals surface area contributed by atoms with Gasteiger partial charge in [0, 0.05) is 12.2 Å². The minimum Gasteiger partial charge on any atom is -0.508 e. The lowest BCUT2D eigenvalue weighted by molar-refractivity contribution is -0.142. The monoisotopic (exact) mass is 543 g/mol. The van der Waals surface area contributed by atoms with Crippen molar-refractivity contribution in [3.8, 4) is 5.75 Å². The summed E-state index contributed by atoms with van der Waals surface area (Å²) >= 11 is 5.47. The molecule has 4 atom stereocenters. The third-order valence-electron chi connectivity index (χ3n) is 5.35. The number of carbonyl (C=O) groups is 4. The third-order valence-corrected chi connectivity index (χ3v) is 6.39. The Labute approximate surface area is 220 Å². The number of hydrogen-bond acceptors (Lipinski definition) is 9. The van der Waals surface area contributed by atoms with Crippen molar-refractivity contribution < 1.29 is 29.4 Å². The van der Waals surface area contributed by atoms with Gasteiger partial charge in [0.05, 0.1) is 6.04 Å². The minimum absolute atomic E-state index is 0.00999. The van der Waals surface area contributed by atoms with Gasteiger partial charge in [-0.25, -0.2) is 4.79 Å². The first-order valence-corrected chi connectivity index (χ1v) is 13.6. The van der Waals surface area contributed by atoms with Gasteiger partial charge in [0.2, 0.25) is 17.7 Å². The number of unbranched alkanes of at least 4 members (excludes halogenated alkanes) is 1. The van der Waals surface area contributed by atoms with Crippen LogP contribution in [-0.2, 0) is 25.6 Å². The Bertz CT molecular complexity index is 858. The predicted molar refractivity (Wildman–Crippen MR) is 143 cm³/mol. The van der Waals surface area contributed by atoms with Gasteiger partial charge in [0.25, 0.3) is 0 Å². The highest BCUT2D eigenvalue weighted by molar-refractivity contribution is 7.98. The van der Waals surface area contributed by atoms with Gasteiger partial charge in [0.1, 0.15) is 23.9 Å². The van der Waals surface area contributed by atoms with Gasteiger partial charge in [-0.15, -0.1) is 0 Å². The number of aliphatic carboxylic acids is 1. The maximum Gasteiger partial charge on any atom is 0.326 e. The summed E-state index contributed by atoms with van der Waals surface area (Å²) in [7, 11) is 0. The molecule has 3 amide bonds. The fourth-order valence-electron chi connectivity index (χ4n) is 3.24. The molecule has 11 nitrogen and oxygen atoms in total. The van der Waals surface area contributed by atoms with Crippen LogP contribution in [0.5, 0.6) is 5.75 Å². The van der Waals surface area contributed by atoms with E-state index in [4.69, 9.17) is 11.5 Å². The molecule has 4 unspecified atom stereocenters. The maximum atomic E-state index is 13.1. The number of thioether (sulfide) groups is 1. The minimum atomic E-state index is -1.25. The Morgan fingerprint density at radius 2 is 1.50 bits per heavy atom. The van der Waals surface area contributed by atoms with Gasteiger partial charge in [-0.3, -0.25) is 14.4 Å². The summed E-state index contributed by atoms with van der Waals surface area (Å²) in [5, 5.41) is 26.8. The van der Waals surface area contributed by atoms with E-state index < -0.39 is 47.9 Å². The molecule has 1 rings (SSSR count). The molecule has 202 valence electrons. The largest absolute Gasteiger partial charge is 0.508 e. The summed E-state index contributed by atoms with van der Waals surface area (Å²) in [6.45, 7) is 0.425. The lowest BCUT2D eigenvalue weighted by Gasteiger charge is -2.25. The quantitative estimate of drug-likeness (QED) is 0.0953. The molecular formula is C23H37N5O6S2. The standard InChI is InChI=1S/C23H37N5O6S2/c1-36-11-9-18(22(32)28-19(23(33)34)12-14-5-7-15(29)8-6-14)27-21(31)17(4-2-3-10-24)26-20(30)16(25)13-35/h5-8,16-19,29,35H,2-4,9-13,24-25H2,1H3,(H,26,30)(H,27,31)(H,28,32)(H,33,34). The van der Waals surface area contributed by atoms with Crippen molar-refractivity contribution in [2.75, 3.05) is 24.3 Å². The second-order valence-electron chi connectivity index (χ2n) is 8.25. The molecule has 0 aliphatic heterocycles. The number of nitrogens with one attached hydrogen (secondary N) is 3. The van der Waals surface area contributed by atoms with Crippen molar-refractivity contribution in [1.29, 1.82) is 0 Å². The summed E-state index contributed by atoms with van der Waals surface area (Å²) in [5.74, 6) is -2.33. The van der Waals surface area contributed by atoms with Crippen LogP contribution in [0, 0.1) is 0 Å². The van der Waals surface area contributed by atoms with Crippen LogP contribution in [-0.4, -0.2) is 82.4 Å². The second-order valence-corrected chi connectivity index (χ2v) is 9.60. The average Bonchev–Trinajstić information content (AvgIpc) is 2.85. The molecule has 0 aliphatic rings. The van der Waals surface area contributed by atoms with Crippen molar-refractivity contribution >= 4 is 48.1 Å². The Morgan fingerprint density at radius 1 is 0.944 bits per heavy atom. The van der Waals surface area contributed by atoms with Gasteiger partial charge < -0.3 is 37.6 Å². The fourth-order valence-corrected chi connectivity index (χ4v) is 3.88. The van der Waals surface area contributed by atoms with Crippen LogP contribution in [0.3, 0.4) is 0 Å². The summed E-state index contributed by atoms with van der Waals surface area (Å²) in [6.07, 6.45) is 3.60. The molecule has 0 bridgehead atoms. The van der Waals surface area contributed by atoms with E-state index in [1.165, 1.54) is 23.9 Å². The molecule has 0 fully saturated rings. The first-order valence-electron chi connectivity index (χ1n) is 11.6. The van der Waals surface area contributed by atoms with E-state index in [0.29, 0.717) is 37.1 Å². The van der Waals surface area contributed by atoms with Crippen LogP contribution < -0.4 is 27.4 Å². The van der Waals surface area contributed by atoms with E-state index in [1.807, 2.05) is 6.26 Å². The SMILES string of the molecule is CSCCC(NC(=O)C(CCCCN)NC(=O)C(N)CS)C(=O)NC(Cc1ccc(O)cc1)C(=O)O. The average molecular weight is 544 g/mol. The number of hydrogen-bond donors (Lipinski definition) is 8.